The quantitative estimate of drug-likeness (QED) is 0.893. The molecule has 0 saturated carbocycles. The number of ether oxygens (including phenoxy) is 1. The Bertz CT molecular complexity index is 688. The molecule has 2 aromatic rings. The van der Waals surface area contributed by atoms with E-state index in [1.807, 2.05) is 42.5 Å². The van der Waals surface area contributed by atoms with Crippen molar-refractivity contribution in [3.63, 3.8) is 0 Å². The molecular weight excluding hydrogens is 332 g/mol. The van der Waals surface area contributed by atoms with Gasteiger partial charge in [0.25, 0.3) is 0 Å². The molecule has 21 heavy (non-hydrogen) atoms. The minimum Gasteiger partial charge on any atom is -0.489 e. The summed E-state index contributed by atoms with van der Waals surface area (Å²) < 4.78 is 6.81. The van der Waals surface area contributed by atoms with E-state index < -0.39 is 0 Å². The highest BCUT2D eigenvalue weighted by Crippen LogP contribution is 2.33. The lowest BCUT2D eigenvalue weighted by atomic mass is 10.1. The lowest BCUT2D eigenvalue weighted by Gasteiger charge is -2.09. The van der Waals surface area contributed by atoms with Crippen LogP contribution in [0.3, 0.4) is 0 Å². The molecule has 1 atom stereocenters. The van der Waals surface area contributed by atoms with Crippen molar-refractivity contribution in [2.45, 2.75) is 12.6 Å². The van der Waals surface area contributed by atoms with Gasteiger partial charge in [0.05, 0.1) is 0 Å². The van der Waals surface area contributed by atoms with Crippen LogP contribution < -0.4 is 15.4 Å². The summed E-state index contributed by atoms with van der Waals surface area (Å²) in [5.74, 6) is 0.711. The van der Waals surface area contributed by atoms with Crippen molar-refractivity contribution in [2.75, 3.05) is 12.4 Å². The van der Waals surface area contributed by atoms with Crippen molar-refractivity contribution in [1.29, 1.82) is 0 Å². The van der Waals surface area contributed by atoms with E-state index in [0.29, 0.717) is 6.61 Å². The lowest BCUT2D eigenvalue weighted by molar-refractivity contribution is -0.117. The number of hydrogen-bond acceptors (Lipinski definition) is 3. The lowest BCUT2D eigenvalue weighted by Crippen LogP contribution is -2.23. The molecule has 4 nitrogen and oxygen atoms in total. The third-order valence-corrected chi connectivity index (χ3v) is 3.93. The first kappa shape index (κ1) is 14.1. The van der Waals surface area contributed by atoms with E-state index in [-0.39, 0.29) is 11.9 Å². The van der Waals surface area contributed by atoms with Crippen LogP contribution in [-0.2, 0) is 11.4 Å². The minimum absolute atomic E-state index is 0.0309. The average Bonchev–Trinajstić information content (AvgIpc) is 2.79. The second kappa shape index (κ2) is 5.87. The van der Waals surface area contributed by atoms with Crippen LogP contribution >= 0.6 is 15.9 Å². The Kier molecular flexibility index (Phi) is 3.94. The molecule has 2 N–H and O–H groups in total. The summed E-state index contributed by atoms with van der Waals surface area (Å²) in [5.41, 5.74) is 2.85. The van der Waals surface area contributed by atoms with Gasteiger partial charge in [-0.2, -0.15) is 0 Å². The molecule has 0 spiro atoms. The monoisotopic (exact) mass is 346 g/mol. The number of carbonyl (C=O) groups excluding carboxylic acids is 1. The molecule has 0 saturated heterocycles. The van der Waals surface area contributed by atoms with Crippen LogP contribution in [0.1, 0.15) is 17.2 Å². The number of likely N-dealkylation sites (N-methyl/N-ethyl adjacent to an activating group) is 1. The third kappa shape index (κ3) is 2.94. The van der Waals surface area contributed by atoms with Gasteiger partial charge < -0.3 is 15.4 Å². The van der Waals surface area contributed by atoms with Crippen LogP contribution in [0.5, 0.6) is 5.75 Å². The van der Waals surface area contributed by atoms with Crippen molar-refractivity contribution in [3.05, 3.63) is 58.1 Å². The molecule has 1 amide bonds. The summed E-state index contributed by atoms with van der Waals surface area (Å²) in [6.45, 7) is 0.488. The highest BCUT2D eigenvalue weighted by atomic mass is 79.9. The summed E-state index contributed by atoms with van der Waals surface area (Å²) in [6, 6.07) is 13.4. The summed E-state index contributed by atoms with van der Waals surface area (Å²) in [6.07, 6.45) is 0. The Hall–Kier alpha value is -1.85. The fourth-order valence-corrected chi connectivity index (χ4v) is 2.86. The zero-order valence-electron chi connectivity index (χ0n) is 11.5. The molecule has 2 aromatic carbocycles. The van der Waals surface area contributed by atoms with Crippen molar-refractivity contribution in [3.8, 4) is 5.75 Å². The van der Waals surface area contributed by atoms with E-state index in [9.17, 15) is 4.79 Å². The van der Waals surface area contributed by atoms with E-state index in [4.69, 9.17) is 4.74 Å². The summed E-state index contributed by atoms with van der Waals surface area (Å²) in [7, 11) is 1.77. The van der Waals surface area contributed by atoms with Gasteiger partial charge in [0, 0.05) is 21.8 Å². The number of benzene rings is 2. The molecule has 1 heterocycles. The van der Waals surface area contributed by atoms with Crippen molar-refractivity contribution in [1.82, 2.24) is 5.32 Å². The number of anilines is 1. The van der Waals surface area contributed by atoms with Crippen LogP contribution in [-0.4, -0.2) is 13.0 Å². The van der Waals surface area contributed by atoms with Gasteiger partial charge in [-0.3, -0.25) is 4.79 Å². The van der Waals surface area contributed by atoms with Gasteiger partial charge in [0.15, 0.2) is 0 Å². The molecule has 0 radical (unpaired) electrons. The maximum Gasteiger partial charge on any atom is 0.246 e. The van der Waals surface area contributed by atoms with Crippen molar-refractivity contribution in [2.24, 2.45) is 0 Å². The summed E-state index contributed by atoms with van der Waals surface area (Å²) >= 11 is 3.44. The largest absolute Gasteiger partial charge is 0.489 e. The van der Waals surface area contributed by atoms with E-state index in [0.717, 1.165) is 27.0 Å². The van der Waals surface area contributed by atoms with Gasteiger partial charge in [-0.1, -0.05) is 34.1 Å². The average molecular weight is 347 g/mol. The zero-order valence-corrected chi connectivity index (χ0v) is 13.1. The molecule has 1 aliphatic heterocycles. The van der Waals surface area contributed by atoms with E-state index >= 15 is 0 Å². The molecule has 0 bridgehead atoms. The van der Waals surface area contributed by atoms with Crippen LogP contribution in [0.4, 0.5) is 5.69 Å². The number of nitrogens with one attached hydrogen (secondary N) is 2. The Balaban J connectivity index is 1.74. The van der Waals surface area contributed by atoms with Crippen molar-refractivity contribution < 1.29 is 9.53 Å². The van der Waals surface area contributed by atoms with Gasteiger partial charge in [-0.15, -0.1) is 0 Å². The zero-order chi connectivity index (χ0) is 14.8. The van der Waals surface area contributed by atoms with Crippen LogP contribution in [0, 0.1) is 0 Å². The van der Waals surface area contributed by atoms with E-state index in [1.165, 1.54) is 0 Å². The normalized spacial score (nSPS) is 16.5. The molecule has 5 heteroatoms. The molecule has 1 unspecified atom stereocenters. The Labute approximate surface area is 131 Å². The standard InChI is InChI=1S/C16H15BrN2O2/c1-18-15-13-6-5-12(8-14(13)19-16(15)20)21-9-10-3-2-4-11(17)7-10/h2-8,15,18H,9H2,1H3,(H,19,20). The second-order valence-electron chi connectivity index (χ2n) is 4.88. The van der Waals surface area contributed by atoms with Gasteiger partial charge in [0.1, 0.15) is 18.4 Å². The van der Waals surface area contributed by atoms with E-state index in [2.05, 4.69) is 26.6 Å². The fourth-order valence-electron chi connectivity index (χ4n) is 2.41. The van der Waals surface area contributed by atoms with Gasteiger partial charge in [-0.05, 0) is 30.8 Å². The van der Waals surface area contributed by atoms with Gasteiger partial charge >= 0.3 is 0 Å². The number of hydrogen-bond donors (Lipinski definition) is 2. The smallest absolute Gasteiger partial charge is 0.246 e. The summed E-state index contributed by atoms with van der Waals surface area (Å²) in [4.78, 5) is 11.8. The first-order chi connectivity index (χ1) is 10.2. The molecule has 1 aliphatic rings. The third-order valence-electron chi connectivity index (χ3n) is 3.44. The molecule has 0 aromatic heterocycles. The van der Waals surface area contributed by atoms with Gasteiger partial charge in [0.2, 0.25) is 5.91 Å². The number of rotatable bonds is 4. The molecule has 3 rings (SSSR count). The molecule has 0 aliphatic carbocycles. The highest BCUT2D eigenvalue weighted by molar-refractivity contribution is 9.10. The molecule has 0 fully saturated rings. The Morgan fingerprint density at radius 1 is 1.29 bits per heavy atom. The maximum absolute atomic E-state index is 11.8. The molecular formula is C16H15BrN2O2. The Morgan fingerprint density at radius 3 is 2.90 bits per heavy atom. The minimum atomic E-state index is -0.279. The topological polar surface area (TPSA) is 50.4 Å². The van der Waals surface area contributed by atoms with Gasteiger partial charge in [-0.25, -0.2) is 0 Å². The SMILES string of the molecule is CNC1C(=O)Nc2cc(OCc3cccc(Br)c3)ccc21. The van der Waals surface area contributed by atoms with E-state index in [1.54, 1.807) is 7.05 Å². The first-order valence-electron chi connectivity index (χ1n) is 6.66. The fraction of sp³-hybridized carbons (Fsp3) is 0.188. The number of amides is 1. The number of carbonyl (C=O) groups is 1. The predicted molar refractivity (Wildman–Crippen MR) is 85.3 cm³/mol. The molecule has 108 valence electrons. The number of fused-ring (bicyclic) bond motifs is 1. The van der Waals surface area contributed by atoms with Crippen LogP contribution in [0.25, 0.3) is 0 Å². The first-order valence-corrected chi connectivity index (χ1v) is 7.46. The summed E-state index contributed by atoms with van der Waals surface area (Å²) in [5, 5.41) is 5.85. The number of halogens is 1. The Morgan fingerprint density at radius 2 is 2.14 bits per heavy atom. The maximum atomic E-state index is 11.8. The highest BCUT2D eigenvalue weighted by Gasteiger charge is 2.29. The second-order valence-corrected chi connectivity index (χ2v) is 5.79. The predicted octanol–water partition coefficient (Wildman–Crippen LogP) is 3.24. The van der Waals surface area contributed by atoms with Crippen molar-refractivity contribution >= 4 is 27.5 Å². The van der Waals surface area contributed by atoms with Crippen LogP contribution in [0.2, 0.25) is 0 Å². The van der Waals surface area contributed by atoms with Crippen LogP contribution in [0.15, 0.2) is 46.9 Å².